The van der Waals surface area contributed by atoms with E-state index in [1.54, 1.807) is 0 Å². The summed E-state index contributed by atoms with van der Waals surface area (Å²) in [6.07, 6.45) is 1.00. The van der Waals surface area contributed by atoms with E-state index in [2.05, 4.69) is 9.97 Å². The van der Waals surface area contributed by atoms with Gasteiger partial charge in [0.15, 0.2) is 11.6 Å². The second-order valence-electron chi connectivity index (χ2n) is 2.40. The van der Waals surface area contributed by atoms with E-state index in [1.807, 2.05) is 13.1 Å². The Hall–Kier alpha value is -1.17. The van der Waals surface area contributed by atoms with Gasteiger partial charge in [-0.05, 0) is 13.1 Å². The van der Waals surface area contributed by atoms with E-state index in [1.165, 1.54) is 0 Å². The standard InChI is InChI=1S/C6H9FN3OSi/c1-12(2)11-6-9-3-4(7)5(8)10-6/h3H,1-2H3,(H2,8,9,10). The van der Waals surface area contributed by atoms with Crippen molar-refractivity contribution in [1.29, 1.82) is 0 Å². The van der Waals surface area contributed by atoms with Crippen LogP contribution in [-0.4, -0.2) is 19.0 Å². The summed E-state index contributed by atoms with van der Waals surface area (Å²) < 4.78 is 17.7. The molecule has 4 nitrogen and oxygen atoms in total. The molecular formula is C6H9FN3OSi. The molecule has 1 heterocycles. The van der Waals surface area contributed by atoms with Crippen molar-refractivity contribution >= 4 is 14.9 Å². The number of nitrogens with two attached hydrogens (primary N) is 1. The van der Waals surface area contributed by atoms with Crippen molar-refractivity contribution in [3.63, 3.8) is 0 Å². The Kier molecular flexibility index (Phi) is 2.59. The molecule has 0 saturated carbocycles. The van der Waals surface area contributed by atoms with E-state index in [9.17, 15) is 4.39 Å². The molecule has 1 aromatic heterocycles. The van der Waals surface area contributed by atoms with E-state index >= 15 is 0 Å². The number of rotatable bonds is 2. The van der Waals surface area contributed by atoms with Crippen LogP contribution in [0.25, 0.3) is 0 Å². The molecule has 6 heteroatoms. The largest absolute Gasteiger partial charge is 0.516 e. The van der Waals surface area contributed by atoms with Gasteiger partial charge in [0.2, 0.25) is 0 Å². The third-order valence-corrected chi connectivity index (χ3v) is 1.64. The first kappa shape index (κ1) is 8.92. The van der Waals surface area contributed by atoms with Crippen LogP contribution in [0.1, 0.15) is 0 Å². The Labute approximate surface area is 71.3 Å². The first-order chi connectivity index (χ1) is 5.59. The molecule has 0 atom stereocenters. The number of halogens is 1. The van der Waals surface area contributed by atoms with Gasteiger partial charge in [-0.3, -0.25) is 0 Å². The first-order valence-corrected chi connectivity index (χ1v) is 5.76. The molecule has 0 spiro atoms. The molecular weight excluding hydrogens is 177 g/mol. The van der Waals surface area contributed by atoms with Crippen molar-refractivity contribution in [2.75, 3.05) is 5.73 Å². The zero-order valence-corrected chi connectivity index (χ0v) is 7.84. The monoisotopic (exact) mass is 186 g/mol. The highest BCUT2D eigenvalue weighted by Crippen LogP contribution is 2.09. The van der Waals surface area contributed by atoms with Crippen LogP contribution < -0.4 is 10.2 Å². The van der Waals surface area contributed by atoms with Gasteiger partial charge in [-0.25, -0.2) is 9.37 Å². The Balaban J connectivity index is 2.82. The lowest BCUT2D eigenvalue weighted by Gasteiger charge is -2.05. The normalized spacial score (nSPS) is 10.3. The zero-order valence-electron chi connectivity index (χ0n) is 6.84. The van der Waals surface area contributed by atoms with Crippen LogP contribution in [0, 0.1) is 5.82 Å². The second kappa shape index (κ2) is 3.48. The average molecular weight is 186 g/mol. The molecule has 0 unspecified atom stereocenters. The average Bonchev–Trinajstić information content (AvgIpc) is 1.96. The smallest absolute Gasteiger partial charge is 0.304 e. The summed E-state index contributed by atoms with van der Waals surface area (Å²) >= 11 is 0. The van der Waals surface area contributed by atoms with Gasteiger partial charge in [0.1, 0.15) is 0 Å². The summed E-state index contributed by atoms with van der Waals surface area (Å²) in [6.45, 7) is 3.85. The fraction of sp³-hybridized carbons (Fsp3) is 0.333. The highest BCUT2D eigenvalue weighted by Gasteiger charge is 2.06. The summed E-state index contributed by atoms with van der Waals surface area (Å²) in [6, 6.07) is 0.146. The summed E-state index contributed by atoms with van der Waals surface area (Å²) in [5.74, 6) is -0.799. The number of aromatic nitrogens is 2. The van der Waals surface area contributed by atoms with Crippen molar-refractivity contribution in [2.45, 2.75) is 13.1 Å². The number of nitrogen functional groups attached to an aromatic ring is 1. The number of anilines is 1. The second-order valence-corrected chi connectivity index (χ2v) is 4.42. The van der Waals surface area contributed by atoms with Crippen LogP contribution in [-0.2, 0) is 0 Å². The lowest BCUT2D eigenvalue weighted by molar-refractivity contribution is 0.517. The molecule has 0 aliphatic carbocycles. The topological polar surface area (TPSA) is 61.0 Å². The van der Waals surface area contributed by atoms with Gasteiger partial charge in [-0.15, -0.1) is 0 Å². The van der Waals surface area contributed by atoms with Gasteiger partial charge in [-0.1, -0.05) is 0 Å². The molecule has 0 bridgehead atoms. The molecule has 0 amide bonds. The fourth-order valence-electron chi connectivity index (χ4n) is 0.595. The van der Waals surface area contributed by atoms with Gasteiger partial charge >= 0.3 is 6.01 Å². The number of hydrogen-bond acceptors (Lipinski definition) is 4. The van der Waals surface area contributed by atoms with E-state index in [-0.39, 0.29) is 11.8 Å². The van der Waals surface area contributed by atoms with E-state index in [0.29, 0.717) is 0 Å². The van der Waals surface area contributed by atoms with Crippen LogP contribution in [0.4, 0.5) is 10.2 Å². The quantitative estimate of drug-likeness (QED) is 0.695. The minimum Gasteiger partial charge on any atom is -0.516 e. The van der Waals surface area contributed by atoms with Crippen LogP contribution in [0.2, 0.25) is 13.1 Å². The summed E-state index contributed by atoms with van der Waals surface area (Å²) in [5.41, 5.74) is 5.20. The van der Waals surface area contributed by atoms with Crippen LogP contribution in [0.15, 0.2) is 6.20 Å². The Bertz CT molecular complexity index is 281. The van der Waals surface area contributed by atoms with Crippen LogP contribution in [0.5, 0.6) is 6.01 Å². The SMILES string of the molecule is C[Si](C)Oc1ncc(F)c(N)n1. The molecule has 2 N–H and O–H groups in total. The van der Waals surface area contributed by atoms with Gasteiger partial charge in [-0.2, -0.15) is 4.98 Å². The van der Waals surface area contributed by atoms with Gasteiger partial charge < -0.3 is 10.2 Å². The van der Waals surface area contributed by atoms with Gasteiger partial charge in [0, 0.05) is 0 Å². The summed E-state index contributed by atoms with van der Waals surface area (Å²) in [4.78, 5) is 7.22. The Morgan fingerprint density at radius 2 is 2.25 bits per heavy atom. The summed E-state index contributed by atoms with van der Waals surface area (Å²) in [7, 11) is -0.919. The highest BCUT2D eigenvalue weighted by atomic mass is 28.3. The minimum atomic E-state index is -0.919. The molecule has 0 aliphatic rings. The van der Waals surface area contributed by atoms with Crippen molar-refractivity contribution in [3.8, 4) is 6.01 Å². The molecule has 1 rings (SSSR count). The maximum absolute atomic E-state index is 12.5. The van der Waals surface area contributed by atoms with Crippen molar-refractivity contribution < 1.29 is 8.82 Å². The molecule has 0 saturated heterocycles. The highest BCUT2D eigenvalue weighted by molar-refractivity contribution is 6.49. The van der Waals surface area contributed by atoms with Crippen molar-refractivity contribution in [1.82, 2.24) is 9.97 Å². The molecule has 1 aromatic rings. The Morgan fingerprint density at radius 3 is 2.75 bits per heavy atom. The molecule has 1 radical (unpaired) electrons. The molecule has 65 valence electrons. The van der Waals surface area contributed by atoms with Crippen LogP contribution in [0.3, 0.4) is 0 Å². The Morgan fingerprint density at radius 1 is 1.58 bits per heavy atom. The molecule has 0 fully saturated rings. The lowest BCUT2D eigenvalue weighted by atomic mass is 10.6. The molecule has 0 aromatic carbocycles. The van der Waals surface area contributed by atoms with E-state index in [0.717, 1.165) is 6.20 Å². The van der Waals surface area contributed by atoms with Crippen molar-refractivity contribution in [3.05, 3.63) is 12.0 Å². The maximum Gasteiger partial charge on any atom is 0.304 e. The molecule has 0 aliphatic heterocycles. The third kappa shape index (κ3) is 2.16. The fourth-order valence-corrected chi connectivity index (χ4v) is 1.06. The number of hydrogen-bond donors (Lipinski definition) is 1. The van der Waals surface area contributed by atoms with Crippen LogP contribution >= 0.6 is 0 Å². The van der Waals surface area contributed by atoms with E-state index in [4.69, 9.17) is 10.2 Å². The molecule has 12 heavy (non-hydrogen) atoms. The van der Waals surface area contributed by atoms with E-state index < -0.39 is 14.9 Å². The van der Waals surface area contributed by atoms with Gasteiger partial charge in [0.05, 0.1) is 6.20 Å². The lowest BCUT2D eigenvalue weighted by Crippen LogP contribution is -2.14. The maximum atomic E-state index is 12.5. The van der Waals surface area contributed by atoms with Crippen molar-refractivity contribution in [2.24, 2.45) is 0 Å². The minimum absolute atomic E-state index is 0.146. The third-order valence-electron chi connectivity index (χ3n) is 1.04. The predicted molar refractivity (Wildman–Crippen MR) is 44.5 cm³/mol. The summed E-state index contributed by atoms with van der Waals surface area (Å²) in [5, 5.41) is 0. The zero-order chi connectivity index (χ0) is 9.14. The van der Waals surface area contributed by atoms with Gasteiger partial charge in [0.25, 0.3) is 9.04 Å². The number of nitrogens with zero attached hydrogens (tertiary/aromatic N) is 2. The first-order valence-electron chi connectivity index (χ1n) is 3.35. The predicted octanol–water partition coefficient (Wildman–Crippen LogP) is 0.828.